The van der Waals surface area contributed by atoms with E-state index >= 15 is 0 Å². The third kappa shape index (κ3) is 3.69. The van der Waals surface area contributed by atoms with Crippen molar-refractivity contribution in [2.45, 2.75) is 20.4 Å². The van der Waals surface area contributed by atoms with Crippen molar-refractivity contribution in [2.24, 2.45) is 0 Å². The molecule has 5 heteroatoms. The molecule has 0 saturated heterocycles. The molecule has 0 radical (unpaired) electrons. The summed E-state index contributed by atoms with van der Waals surface area (Å²) < 4.78 is 1.99. The molecule has 0 spiro atoms. The second kappa shape index (κ2) is 9.02. The number of hydrogen-bond donors (Lipinski definition) is 0. The van der Waals surface area contributed by atoms with Gasteiger partial charge in [0.15, 0.2) is 0 Å². The Bertz CT molecular complexity index is 1400. The lowest BCUT2D eigenvalue weighted by Crippen LogP contribution is -2.33. The minimum absolute atomic E-state index is 0.0524. The summed E-state index contributed by atoms with van der Waals surface area (Å²) in [6, 6.07) is 25.6. The van der Waals surface area contributed by atoms with Crippen molar-refractivity contribution in [1.29, 1.82) is 0 Å². The molecule has 3 aromatic carbocycles. The molecule has 0 aliphatic carbocycles. The number of nitrogens with zero attached hydrogens (tertiary/aromatic N) is 3. The van der Waals surface area contributed by atoms with Crippen molar-refractivity contribution in [3.63, 3.8) is 0 Å². The van der Waals surface area contributed by atoms with Crippen LogP contribution in [-0.4, -0.2) is 34.4 Å². The molecule has 0 saturated carbocycles. The lowest BCUT2D eigenvalue weighted by molar-refractivity contribution is -0.131. The van der Waals surface area contributed by atoms with E-state index < -0.39 is 0 Å². The molecular weight excluding hydrogens is 422 g/mol. The average Bonchev–Trinajstić information content (AvgIpc) is 3.35. The van der Waals surface area contributed by atoms with Gasteiger partial charge >= 0.3 is 0 Å². The van der Waals surface area contributed by atoms with Crippen molar-refractivity contribution < 1.29 is 9.59 Å². The Labute approximate surface area is 199 Å². The summed E-state index contributed by atoms with van der Waals surface area (Å²) in [5, 5.41) is 1.02. The number of anilines is 2. The molecule has 4 aromatic rings. The van der Waals surface area contributed by atoms with Crippen molar-refractivity contribution in [1.82, 2.24) is 9.47 Å². The van der Waals surface area contributed by atoms with E-state index in [0.29, 0.717) is 18.7 Å². The molecule has 5 rings (SSSR count). The van der Waals surface area contributed by atoms with Crippen molar-refractivity contribution in [2.75, 3.05) is 18.0 Å². The van der Waals surface area contributed by atoms with Crippen LogP contribution in [0.4, 0.5) is 11.4 Å². The molecule has 0 N–H and O–H groups in total. The third-order valence-electron chi connectivity index (χ3n) is 6.42. The lowest BCUT2D eigenvalue weighted by Gasteiger charge is -2.19. The van der Waals surface area contributed by atoms with Gasteiger partial charge in [-0.05, 0) is 44.2 Å². The Hall–Kier alpha value is -4.12. The van der Waals surface area contributed by atoms with Gasteiger partial charge in [0.05, 0.1) is 11.3 Å². The highest BCUT2D eigenvalue weighted by molar-refractivity contribution is 6.38. The Morgan fingerprint density at radius 2 is 1.56 bits per heavy atom. The van der Waals surface area contributed by atoms with E-state index in [-0.39, 0.29) is 18.4 Å². The first-order valence-electron chi connectivity index (χ1n) is 11.7. The topological polar surface area (TPSA) is 45.6 Å². The van der Waals surface area contributed by atoms with Crippen LogP contribution < -0.4 is 4.90 Å². The first-order chi connectivity index (χ1) is 16.6. The fourth-order valence-corrected chi connectivity index (χ4v) is 4.71. The minimum atomic E-state index is -0.0524. The largest absolute Gasteiger partial charge is 0.342 e. The zero-order valence-electron chi connectivity index (χ0n) is 19.4. The van der Waals surface area contributed by atoms with E-state index in [4.69, 9.17) is 0 Å². The number of fused-ring (bicyclic) bond motifs is 2. The molecule has 2 heterocycles. The molecule has 1 aromatic heterocycles. The number of amides is 2. The van der Waals surface area contributed by atoms with E-state index in [1.165, 1.54) is 0 Å². The Morgan fingerprint density at radius 3 is 2.32 bits per heavy atom. The number of carbonyl (C=O) groups excluding carboxylic acids is 2. The van der Waals surface area contributed by atoms with Crippen LogP contribution in [0.3, 0.4) is 0 Å². The fraction of sp³-hybridized carbons (Fsp3) is 0.172. The quantitative estimate of drug-likeness (QED) is 0.353. The number of benzene rings is 3. The average molecular weight is 450 g/mol. The summed E-state index contributed by atoms with van der Waals surface area (Å²) in [5.74, 6) is 0.0333. The van der Waals surface area contributed by atoms with E-state index in [2.05, 4.69) is 0 Å². The first-order valence-corrected chi connectivity index (χ1v) is 11.7. The highest BCUT2D eigenvalue weighted by atomic mass is 16.2. The molecule has 0 atom stereocenters. The molecular formula is C29H27N3O2. The van der Waals surface area contributed by atoms with E-state index in [1.54, 1.807) is 4.90 Å². The maximum absolute atomic E-state index is 13.6. The number of rotatable bonds is 6. The van der Waals surface area contributed by atoms with Crippen molar-refractivity contribution >= 4 is 45.7 Å². The Balaban J connectivity index is 1.60. The molecule has 5 nitrogen and oxygen atoms in total. The highest BCUT2D eigenvalue weighted by Crippen LogP contribution is 2.42. The molecule has 34 heavy (non-hydrogen) atoms. The summed E-state index contributed by atoms with van der Waals surface area (Å²) >= 11 is 0. The minimum Gasteiger partial charge on any atom is -0.342 e. The van der Waals surface area contributed by atoms with Crippen LogP contribution in [0.25, 0.3) is 22.6 Å². The van der Waals surface area contributed by atoms with Crippen LogP contribution in [0.5, 0.6) is 0 Å². The number of likely N-dealkylation sites (N-methyl/N-ethyl adjacent to an activating group) is 1. The van der Waals surface area contributed by atoms with Crippen LogP contribution >= 0.6 is 0 Å². The molecule has 1 aliphatic rings. The normalized spacial score (nSPS) is 14.1. The first kappa shape index (κ1) is 21.7. The molecule has 0 bridgehead atoms. The second-order valence-corrected chi connectivity index (χ2v) is 8.35. The van der Waals surface area contributed by atoms with E-state index in [1.807, 2.05) is 114 Å². The summed E-state index contributed by atoms with van der Waals surface area (Å²) in [5.41, 5.74) is 5.19. The summed E-state index contributed by atoms with van der Waals surface area (Å²) in [4.78, 5) is 30.1. The molecule has 0 unspecified atom stereocenters. The predicted molar refractivity (Wildman–Crippen MR) is 138 cm³/mol. The van der Waals surface area contributed by atoms with Gasteiger partial charge in [-0.3, -0.25) is 14.5 Å². The summed E-state index contributed by atoms with van der Waals surface area (Å²) in [7, 11) is 0. The zero-order valence-corrected chi connectivity index (χ0v) is 19.4. The van der Waals surface area contributed by atoms with Crippen LogP contribution in [0.15, 0.2) is 85.1 Å². The van der Waals surface area contributed by atoms with Crippen LogP contribution in [0.1, 0.15) is 25.0 Å². The number of hydrogen-bond acceptors (Lipinski definition) is 2. The molecule has 170 valence electrons. The van der Waals surface area contributed by atoms with Crippen LogP contribution in [0, 0.1) is 0 Å². The molecule has 1 aliphatic heterocycles. The standard InChI is InChI=1S/C29H27N3O2/c1-3-30(4-2)28(33)20-31-19-21(23-14-8-10-16-26(23)31)18-25-24-15-9-11-17-27(24)32(29(25)34)22-12-6-5-7-13-22/h5-19H,3-4,20H2,1-2H3. The monoisotopic (exact) mass is 449 g/mol. The SMILES string of the molecule is CCN(CC)C(=O)Cn1cc(C=C2C(=O)N(c3ccccc3)c3ccccc32)c2ccccc21. The van der Waals surface area contributed by atoms with Crippen molar-refractivity contribution in [3.8, 4) is 0 Å². The van der Waals surface area contributed by atoms with Crippen LogP contribution in [0.2, 0.25) is 0 Å². The zero-order chi connectivity index (χ0) is 23.7. The van der Waals surface area contributed by atoms with Gasteiger partial charge in [-0.1, -0.05) is 54.6 Å². The van der Waals surface area contributed by atoms with Crippen molar-refractivity contribution in [3.05, 3.63) is 96.2 Å². The summed E-state index contributed by atoms with van der Waals surface area (Å²) in [6.45, 7) is 5.63. The predicted octanol–water partition coefficient (Wildman–Crippen LogP) is 5.73. The highest BCUT2D eigenvalue weighted by Gasteiger charge is 2.33. The van der Waals surface area contributed by atoms with Gasteiger partial charge in [-0.2, -0.15) is 0 Å². The number of carbonyl (C=O) groups is 2. The Kier molecular flexibility index (Phi) is 5.76. The van der Waals surface area contributed by atoms with Gasteiger partial charge in [0.2, 0.25) is 5.91 Å². The maximum atomic E-state index is 13.6. The second-order valence-electron chi connectivity index (χ2n) is 8.35. The van der Waals surface area contributed by atoms with E-state index in [0.717, 1.165) is 33.4 Å². The van der Waals surface area contributed by atoms with Gasteiger partial charge < -0.3 is 9.47 Å². The molecule has 2 amide bonds. The number of para-hydroxylation sites is 3. The van der Waals surface area contributed by atoms with Gasteiger partial charge in [0, 0.05) is 47.0 Å². The Morgan fingerprint density at radius 1 is 0.882 bits per heavy atom. The van der Waals surface area contributed by atoms with Gasteiger partial charge in [-0.15, -0.1) is 0 Å². The summed E-state index contributed by atoms with van der Waals surface area (Å²) in [6.07, 6.45) is 3.95. The number of aromatic nitrogens is 1. The van der Waals surface area contributed by atoms with Crippen LogP contribution in [-0.2, 0) is 16.1 Å². The van der Waals surface area contributed by atoms with E-state index in [9.17, 15) is 9.59 Å². The molecule has 0 fully saturated rings. The lowest BCUT2D eigenvalue weighted by atomic mass is 10.0. The van der Waals surface area contributed by atoms with Gasteiger partial charge in [0.25, 0.3) is 5.91 Å². The smallest absolute Gasteiger partial charge is 0.263 e. The van der Waals surface area contributed by atoms with Gasteiger partial charge in [-0.25, -0.2) is 0 Å². The third-order valence-corrected chi connectivity index (χ3v) is 6.42. The van der Waals surface area contributed by atoms with Gasteiger partial charge in [0.1, 0.15) is 6.54 Å². The fourth-order valence-electron chi connectivity index (χ4n) is 4.71. The maximum Gasteiger partial charge on any atom is 0.263 e.